The molecule has 0 aliphatic rings. The molecule has 0 fully saturated rings. The molecule has 0 spiro atoms. The molecule has 0 aliphatic heterocycles. The van der Waals surface area contributed by atoms with Crippen LogP contribution in [0.3, 0.4) is 0 Å². The maximum Gasteiger partial charge on any atom is 0.250 e. The van der Waals surface area contributed by atoms with Crippen molar-refractivity contribution in [1.82, 2.24) is 15.1 Å². The Morgan fingerprint density at radius 1 is 1.29 bits per heavy atom. The summed E-state index contributed by atoms with van der Waals surface area (Å²) in [5.41, 5.74) is 13.6. The lowest BCUT2D eigenvalue weighted by Crippen LogP contribution is -2.23. The van der Waals surface area contributed by atoms with Crippen molar-refractivity contribution < 1.29 is 9.32 Å². The summed E-state index contributed by atoms with van der Waals surface area (Å²) in [6, 6.07) is 11.7. The molecular weight excluding hydrogens is 306 g/mol. The Hall–Kier alpha value is -2.93. The number of hydrogen-bond acceptors (Lipinski definition) is 5. The summed E-state index contributed by atoms with van der Waals surface area (Å²) in [5, 5.41) is 3.91. The molecule has 2 heterocycles. The first-order valence-electron chi connectivity index (χ1n) is 7.72. The van der Waals surface area contributed by atoms with E-state index in [1.807, 2.05) is 18.2 Å². The molecule has 124 valence electrons. The lowest BCUT2D eigenvalue weighted by molar-refractivity contribution is 0.100. The Morgan fingerprint density at radius 2 is 2.08 bits per heavy atom. The average molecular weight is 325 g/mol. The van der Waals surface area contributed by atoms with E-state index in [1.54, 1.807) is 6.07 Å². The van der Waals surface area contributed by atoms with Gasteiger partial charge in [0.2, 0.25) is 17.6 Å². The highest BCUT2D eigenvalue weighted by Crippen LogP contribution is 2.16. The van der Waals surface area contributed by atoms with E-state index in [9.17, 15) is 4.79 Å². The minimum absolute atomic E-state index is 0.0664. The third-order valence-corrected chi connectivity index (χ3v) is 3.76. The topological polar surface area (TPSA) is 124 Å². The minimum atomic E-state index is -0.510. The fourth-order valence-electron chi connectivity index (χ4n) is 2.44. The molecule has 5 N–H and O–H groups in total. The minimum Gasteiger partial charge on any atom is -0.366 e. The molecule has 0 aliphatic carbocycles. The van der Waals surface area contributed by atoms with Gasteiger partial charge >= 0.3 is 0 Å². The van der Waals surface area contributed by atoms with Gasteiger partial charge in [-0.05, 0) is 24.5 Å². The first-order valence-corrected chi connectivity index (χ1v) is 7.72. The predicted molar refractivity (Wildman–Crippen MR) is 89.0 cm³/mol. The van der Waals surface area contributed by atoms with Crippen LogP contribution in [0.5, 0.6) is 0 Å². The SMILES string of the molecule is NC(=O)c1c[nH]c(-c2noc(C[C@H](N)CCc3ccccc3)n2)c1. The zero-order valence-electron chi connectivity index (χ0n) is 13.1. The van der Waals surface area contributed by atoms with E-state index in [0.29, 0.717) is 29.4 Å². The highest BCUT2D eigenvalue weighted by atomic mass is 16.5. The molecule has 0 saturated carbocycles. The van der Waals surface area contributed by atoms with Crippen LogP contribution in [-0.4, -0.2) is 27.1 Å². The van der Waals surface area contributed by atoms with Crippen LogP contribution in [0.2, 0.25) is 0 Å². The van der Waals surface area contributed by atoms with E-state index in [0.717, 1.165) is 12.8 Å². The number of benzene rings is 1. The van der Waals surface area contributed by atoms with Crippen LogP contribution in [0.25, 0.3) is 11.5 Å². The third kappa shape index (κ3) is 3.88. The Labute approximate surface area is 139 Å². The van der Waals surface area contributed by atoms with Gasteiger partial charge in [-0.1, -0.05) is 35.5 Å². The predicted octanol–water partition coefficient (Wildman–Crippen LogP) is 1.67. The molecule has 0 bridgehead atoms. The molecule has 2 aromatic heterocycles. The summed E-state index contributed by atoms with van der Waals surface area (Å²) in [4.78, 5) is 18.3. The van der Waals surface area contributed by atoms with Crippen LogP contribution >= 0.6 is 0 Å². The second-order valence-electron chi connectivity index (χ2n) is 5.67. The number of primary amides is 1. The van der Waals surface area contributed by atoms with Crippen LogP contribution < -0.4 is 11.5 Å². The molecular formula is C17H19N5O2. The molecule has 0 radical (unpaired) electrons. The quantitative estimate of drug-likeness (QED) is 0.609. The first kappa shape index (κ1) is 15.9. The van der Waals surface area contributed by atoms with Gasteiger partial charge in [-0.15, -0.1) is 0 Å². The molecule has 1 atom stereocenters. The molecule has 0 saturated heterocycles. The highest BCUT2D eigenvalue weighted by Gasteiger charge is 2.14. The van der Waals surface area contributed by atoms with E-state index in [1.165, 1.54) is 11.8 Å². The van der Waals surface area contributed by atoms with Crippen molar-refractivity contribution in [1.29, 1.82) is 0 Å². The molecule has 1 amide bonds. The monoisotopic (exact) mass is 325 g/mol. The number of carbonyl (C=O) groups is 1. The lowest BCUT2D eigenvalue weighted by atomic mass is 10.0. The Kier molecular flexibility index (Phi) is 4.72. The van der Waals surface area contributed by atoms with E-state index in [-0.39, 0.29) is 6.04 Å². The van der Waals surface area contributed by atoms with Gasteiger partial charge < -0.3 is 21.0 Å². The van der Waals surface area contributed by atoms with Gasteiger partial charge in [0.05, 0.1) is 11.3 Å². The third-order valence-electron chi connectivity index (χ3n) is 3.76. The maximum absolute atomic E-state index is 11.1. The van der Waals surface area contributed by atoms with Gasteiger partial charge in [-0.25, -0.2) is 0 Å². The Balaban J connectivity index is 1.58. The number of amides is 1. The van der Waals surface area contributed by atoms with Crippen LogP contribution in [0.4, 0.5) is 0 Å². The van der Waals surface area contributed by atoms with Crippen molar-refractivity contribution in [3.05, 3.63) is 59.6 Å². The largest absolute Gasteiger partial charge is 0.366 e. The Morgan fingerprint density at radius 3 is 2.79 bits per heavy atom. The standard InChI is InChI=1S/C17H19N5O2/c18-13(7-6-11-4-2-1-3-5-11)9-15-21-17(22-24-15)14-8-12(10-20-14)16(19)23/h1-5,8,10,13,20H,6-7,9,18H2,(H2,19,23)/t13-/m1/s1. The fraction of sp³-hybridized carbons (Fsp3) is 0.235. The molecule has 7 heteroatoms. The average Bonchev–Trinajstić information content (AvgIpc) is 3.23. The summed E-state index contributed by atoms with van der Waals surface area (Å²) < 4.78 is 5.23. The number of nitrogens with zero attached hydrogens (tertiary/aromatic N) is 2. The molecule has 3 rings (SSSR count). The molecule has 24 heavy (non-hydrogen) atoms. The zero-order valence-corrected chi connectivity index (χ0v) is 13.1. The number of aromatic nitrogens is 3. The van der Waals surface area contributed by atoms with Gasteiger partial charge in [-0.3, -0.25) is 4.79 Å². The number of nitrogens with two attached hydrogens (primary N) is 2. The van der Waals surface area contributed by atoms with E-state index in [2.05, 4.69) is 27.3 Å². The van der Waals surface area contributed by atoms with E-state index in [4.69, 9.17) is 16.0 Å². The molecule has 3 aromatic rings. The number of H-pyrrole nitrogens is 1. The summed E-state index contributed by atoms with van der Waals surface area (Å²) in [7, 11) is 0. The van der Waals surface area contributed by atoms with Crippen LogP contribution in [-0.2, 0) is 12.8 Å². The van der Waals surface area contributed by atoms with Crippen LogP contribution in [0.1, 0.15) is 28.2 Å². The molecule has 1 aromatic carbocycles. The number of nitrogens with one attached hydrogen (secondary N) is 1. The lowest BCUT2D eigenvalue weighted by Gasteiger charge is -2.08. The second kappa shape index (κ2) is 7.10. The van der Waals surface area contributed by atoms with Gasteiger partial charge in [0, 0.05) is 18.7 Å². The van der Waals surface area contributed by atoms with Crippen molar-refractivity contribution in [2.45, 2.75) is 25.3 Å². The van der Waals surface area contributed by atoms with Crippen molar-refractivity contribution in [3.63, 3.8) is 0 Å². The zero-order chi connectivity index (χ0) is 16.9. The van der Waals surface area contributed by atoms with E-state index < -0.39 is 5.91 Å². The normalized spacial score (nSPS) is 12.2. The van der Waals surface area contributed by atoms with Gasteiger partial charge in [0.1, 0.15) is 0 Å². The summed E-state index contributed by atoms with van der Waals surface area (Å²) in [5.74, 6) is 0.345. The summed E-state index contributed by atoms with van der Waals surface area (Å²) in [6.45, 7) is 0. The number of hydrogen-bond donors (Lipinski definition) is 3. The molecule has 0 unspecified atom stereocenters. The van der Waals surface area contributed by atoms with Crippen molar-refractivity contribution in [2.24, 2.45) is 11.5 Å². The second-order valence-corrected chi connectivity index (χ2v) is 5.67. The summed E-state index contributed by atoms with van der Waals surface area (Å²) in [6.07, 6.45) is 3.75. The smallest absolute Gasteiger partial charge is 0.250 e. The maximum atomic E-state index is 11.1. The Bertz CT molecular complexity index is 809. The summed E-state index contributed by atoms with van der Waals surface area (Å²) >= 11 is 0. The fourth-order valence-corrected chi connectivity index (χ4v) is 2.44. The molecule has 7 nitrogen and oxygen atoms in total. The number of rotatable bonds is 7. The van der Waals surface area contributed by atoms with Crippen molar-refractivity contribution >= 4 is 5.91 Å². The number of carbonyl (C=O) groups excluding carboxylic acids is 1. The van der Waals surface area contributed by atoms with Gasteiger partial charge in [-0.2, -0.15) is 4.98 Å². The van der Waals surface area contributed by atoms with Gasteiger partial charge in [0.15, 0.2) is 0 Å². The van der Waals surface area contributed by atoms with Gasteiger partial charge in [0.25, 0.3) is 0 Å². The number of aromatic amines is 1. The van der Waals surface area contributed by atoms with Crippen molar-refractivity contribution in [2.75, 3.05) is 0 Å². The first-order chi connectivity index (χ1) is 11.6. The van der Waals surface area contributed by atoms with Crippen LogP contribution in [0.15, 0.2) is 47.1 Å². The van der Waals surface area contributed by atoms with Crippen molar-refractivity contribution in [3.8, 4) is 11.5 Å². The van der Waals surface area contributed by atoms with E-state index >= 15 is 0 Å². The van der Waals surface area contributed by atoms with Crippen LogP contribution in [0, 0.1) is 0 Å². The number of aryl methyl sites for hydroxylation is 1. The highest BCUT2D eigenvalue weighted by molar-refractivity contribution is 5.93.